The summed E-state index contributed by atoms with van der Waals surface area (Å²) in [5.41, 5.74) is 3.98. The molecule has 0 aliphatic carbocycles. The molecule has 0 radical (unpaired) electrons. The zero-order valence-electron chi connectivity index (χ0n) is 18.3. The molecule has 0 bridgehead atoms. The molecule has 0 fully saturated rings. The lowest BCUT2D eigenvalue weighted by atomic mass is 10.0. The molecule has 32 heavy (non-hydrogen) atoms. The second-order valence-electron chi connectivity index (χ2n) is 7.68. The third-order valence-corrected chi connectivity index (χ3v) is 5.35. The van der Waals surface area contributed by atoms with Crippen LogP contribution in [0.3, 0.4) is 0 Å². The van der Waals surface area contributed by atoms with Gasteiger partial charge in [-0.1, -0.05) is 17.3 Å². The topological polar surface area (TPSA) is 110 Å². The van der Waals surface area contributed by atoms with Crippen LogP contribution in [0.1, 0.15) is 43.5 Å². The van der Waals surface area contributed by atoms with Crippen molar-refractivity contribution in [3.05, 3.63) is 64.4 Å². The molecule has 9 heteroatoms. The van der Waals surface area contributed by atoms with Crippen molar-refractivity contribution in [2.24, 2.45) is 0 Å². The number of rotatable bonds is 8. The molecule has 3 aromatic rings. The molecule has 0 saturated carbocycles. The Balaban J connectivity index is 1.46. The number of ether oxygens (including phenoxy) is 1. The average molecular weight is 435 g/mol. The van der Waals surface area contributed by atoms with Gasteiger partial charge in [0.25, 0.3) is 11.8 Å². The normalized spacial score (nSPS) is 12.8. The van der Waals surface area contributed by atoms with E-state index in [-0.39, 0.29) is 11.8 Å². The first-order valence-electron chi connectivity index (χ1n) is 10.4. The fourth-order valence-corrected chi connectivity index (χ4v) is 3.78. The Kier molecular flexibility index (Phi) is 6.27. The largest absolute Gasteiger partial charge is 0.383 e. The van der Waals surface area contributed by atoms with Crippen LogP contribution >= 0.6 is 0 Å². The molecule has 1 aliphatic heterocycles. The second-order valence-corrected chi connectivity index (χ2v) is 7.68. The lowest BCUT2D eigenvalue weighted by molar-refractivity contribution is 0.0715. The van der Waals surface area contributed by atoms with Crippen LogP contribution < -0.4 is 5.32 Å². The van der Waals surface area contributed by atoms with Gasteiger partial charge in [0.05, 0.1) is 34.7 Å². The highest BCUT2D eigenvalue weighted by Gasteiger charge is 2.31. The maximum atomic E-state index is 12.9. The number of methoxy groups -OCH3 is 1. The minimum Gasteiger partial charge on any atom is -0.383 e. The first-order valence-corrected chi connectivity index (χ1v) is 10.4. The van der Waals surface area contributed by atoms with Crippen molar-refractivity contribution < 1.29 is 18.8 Å². The van der Waals surface area contributed by atoms with Crippen LogP contribution in [0.15, 0.2) is 35.0 Å². The fourth-order valence-electron chi connectivity index (χ4n) is 3.78. The molecule has 4 rings (SSSR count). The molecular formula is C23H25N5O4. The van der Waals surface area contributed by atoms with Gasteiger partial charge in [-0.05, 0) is 25.5 Å². The number of carbonyl (C=O) groups excluding carboxylic acids is 2. The Labute approximate surface area is 185 Å². The summed E-state index contributed by atoms with van der Waals surface area (Å²) < 4.78 is 10.4. The van der Waals surface area contributed by atoms with Crippen molar-refractivity contribution in [3.8, 4) is 11.3 Å². The predicted octanol–water partition coefficient (Wildman–Crippen LogP) is 2.32. The Morgan fingerprint density at radius 3 is 2.91 bits per heavy atom. The molecule has 9 nitrogen and oxygen atoms in total. The maximum Gasteiger partial charge on any atom is 0.255 e. The van der Waals surface area contributed by atoms with Crippen molar-refractivity contribution in [2.45, 2.75) is 26.8 Å². The van der Waals surface area contributed by atoms with Crippen molar-refractivity contribution in [2.75, 3.05) is 26.8 Å². The van der Waals surface area contributed by atoms with Gasteiger partial charge in [0.15, 0.2) is 5.76 Å². The molecule has 1 aromatic carbocycles. The summed E-state index contributed by atoms with van der Waals surface area (Å²) in [4.78, 5) is 36.2. The van der Waals surface area contributed by atoms with E-state index in [1.54, 1.807) is 30.3 Å². The van der Waals surface area contributed by atoms with E-state index in [1.807, 2.05) is 26.0 Å². The first kappa shape index (κ1) is 21.6. The zero-order chi connectivity index (χ0) is 22.7. The van der Waals surface area contributed by atoms with Gasteiger partial charge >= 0.3 is 0 Å². The summed E-state index contributed by atoms with van der Waals surface area (Å²) >= 11 is 0. The number of nitrogens with zero attached hydrogens (tertiary/aromatic N) is 4. The lowest BCUT2D eigenvalue weighted by Crippen LogP contribution is -2.30. The van der Waals surface area contributed by atoms with E-state index in [2.05, 4.69) is 20.4 Å². The van der Waals surface area contributed by atoms with E-state index in [1.165, 1.54) is 0 Å². The van der Waals surface area contributed by atoms with Gasteiger partial charge in [-0.15, -0.1) is 0 Å². The number of aryl methyl sites for hydroxylation is 2. The Morgan fingerprint density at radius 1 is 1.31 bits per heavy atom. The van der Waals surface area contributed by atoms with Gasteiger partial charge in [-0.2, -0.15) is 0 Å². The fraction of sp³-hybridized carbons (Fsp3) is 0.348. The molecule has 1 N–H and O–H groups in total. The monoisotopic (exact) mass is 435 g/mol. The van der Waals surface area contributed by atoms with Crippen LogP contribution in [0.5, 0.6) is 0 Å². The Morgan fingerprint density at radius 2 is 2.16 bits per heavy atom. The summed E-state index contributed by atoms with van der Waals surface area (Å²) in [5, 5.41) is 6.84. The summed E-state index contributed by atoms with van der Waals surface area (Å²) in [6.45, 7) is 5.43. The smallest absolute Gasteiger partial charge is 0.255 e. The first-order chi connectivity index (χ1) is 15.5. The van der Waals surface area contributed by atoms with Crippen molar-refractivity contribution in [3.63, 3.8) is 0 Å². The SMILES string of the molecule is COCCN1Cc2cccc(C(=O)NCCc3nc(C)ncc3-c3cc(C)no3)c2C1=O. The van der Waals surface area contributed by atoms with Gasteiger partial charge in [-0.3, -0.25) is 9.59 Å². The number of aromatic nitrogens is 3. The van der Waals surface area contributed by atoms with Crippen molar-refractivity contribution >= 4 is 11.8 Å². The van der Waals surface area contributed by atoms with Crippen LogP contribution in [0.2, 0.25) is 0 Å². The maximum absolute atomic E-state index is 12.9. The lowest BCUT2D eigenvalue weighted by Gasteiger charge is -2.14. The summed E-state index contributed by atoms with van der Waals surface area (Å²) in [7, 11) is 1.60. The zero-order valence-corrected chi connectivity index (χ0v) is 18.3. The average Bonchev–Trinajstić information content (AvgIpc) is 3.35. The number of benzene rings is 1. The number of amides is 2. The summed E-state index contributed by atoms with van der Waals surface area (Å²) in [5.74, 6) is 0.796. The van der Waals surface area contributed by atoms with Crippen LogP contribution in [-0.2, 0) is 17.7 Å². The van der Waals surface area contributed by atoms with Gasteiger partial charge in [0.2, 0.25) is 0 Å². The quantitative estimate of drug-likeness (QED) is 0.578. The van der Waals surface area contributed by atoms with Crippen LogP contribution in [0.25, 0.3) is 11.3 Å². The summed E-state index contributed by atoms with van der Waals surface area (Å²) in [6, 6.07) is 7.19. The highest BCUT2D eigenvalue weighted by Crippen LogP contribution is 2.26. The third kappa shape index (κ3) is 4.38. The van der Waals surface area contributed by atoms with E-state index >= 15 is 0 Å². The predicted molar refractivity (Wildman–Crippen MR) is 116 cm³/mol. The van der Waals surface area contributed by atoms with Gasteiger partial charge < -0.3 is 19.5 Å². The van der Waals surface area contributed by atoms with Crippen LogP contribution in [-0.4, -0.2) is 58.6 Å². The second kappa shape index (κ2) is 9.27. The minimum atomic E-state index is -0.286. The van der Waals surface area contributed by atoms with Gasteiger partial charge in [-0.25, -0.2) is 9.97 Å². The number of hydrogen-bond acceptors (Lipinski definition) is 7. The molecule has 3 heterocycles. The van der Waals surface area contributed by atoms with Gasteiger partial charge in [0, 0.05) is 45.4 Å². The molecule has 0 saturated heterocycles. The molecule has 2 aromatic heterocycles. The molecule has 0 unspecified atom stereocenters. The van der Waals surface area contributed by atoms with E-state index in [9.17, 15) is 9.59 Å². The van der Waals surface area contributed by atoms with E-state index in [0.717, 1.165) is 22.5 Å². The molecule has 0 atom stereocenters. The highest BCUT2D eigenvalue weighted by molar-refractivity contribution is 6.09. The van der Waals surface area contributed by atoms with Crippen LogP contribution in [0.4, 0.5) is 0 Å². The molecule has 166 valence electrons. The van der Waals surface area contributed by atoms with E-state index < -0.39 is 0 Å². The van der Waals surface area contributed by atoms with Crippen LogP contribution in [0, 0.1) is 13.8 Å². The van der Waals surface area contributed by atoms with E-state index in [0.29, 0.717) is 55.4 Å². The third-order valence-electron chi connectivity index (χ3n) is 5.35. The number of fused-ring (bicyclic) bond motifs is 1. The summed E-state index contributed by atoms with van der Waals surface area (Å²) in [6.07, 6.45) is 2.18. The number of hydrogen-bond donors (Lipinski definition) is 1. The standard InChI is InChI=1S/C23H25N5O4/c1-14-11-20(32-27-14)18-12-25-15(2)26-19(18)7-8-24-22(29)17-6-4-5-16-13-28(9-10-31-3)23(30)21(16)17/h4-6,11-12H,7-10,13H2,1-3H3,(H,24,29). The highest BCUT2D eigenvalue weighted by atomic mass is 16.5. The van der Waals surface area contributed by atoms with Crippen molar-refractivity contribution in [1.29, 1.82) is 0 Å². The van der Waals surface area contributed by atoms with E-state index in [4.69, 9.17) is 9.26 Å². The minimum absolute atomic E-state index is 0.141. The number of carbonyl (C=O) groups is 2. The van der Waals surface area contributed by atoms with Gasteiger partial charge in [0.1, 0.15) is 5.82 Å². The molecule has 2 amide bonds. The number of nitrogens with one attached hydrogen (secondary N) is 1. The molecule has 0 spiro atoms. The Bertz CT molecular complexity index is 1160. The molecular weight excluding hydrogens is 410 g/mol. The Hall–Kier alpha value is -3.59. The van der Waals surface area contributed by atoms with Crippen molar-refractivity contribution in [1.82, 2.24) is 25.3 Å². The molecule has 1 aliphatic rings.